The summed E-state index contributed by atoms with van der Waals surface area (Å²) in [5.74, 6) is 2.35. The third kappa shape index (κ3) is 22.6. The maximum absolute atomic E-state index is 10.7. The summed E-state index contributed by atoms with van der Waals surface area (Å²) in [5.41, 5.74) is -5.65. The standard InChI is InChI=1S/2C25H22P2.C2H4.CHF3O3S.2CO.CH3.2Ir/c2*1-5-13-22(14-6-1)26(23-15-7-2-8-16-23)21-27(24-17-9-3-10-18-24)25-19-11-4-12-20-25;1-2;2-1(3,4)8(5,6)7;2*1-2;;;/h2*1-20H,21H2;1-2H2;(H,5,6,7);;;1H3;;/q;;;;;;-1;;/p-1. The van der Waals surface area contributed by atoms with Crippen LogP contribution in [-0.4, -0.2) is 30.3 Å². The minimum Gasteiger partial charge on any atom is -0.358 e. The van der Waals surface area contributed by atoms with Gasteiger partial charge in [0.2, 0.25) is 0 Å². The predicted molar refractivity (Wildman–Crippen MR) is 287 cm³/mol. The van der Waals surface area contributed by atoms with Gasteiger partial charge < -0.3 is 12.0 Å². The molecular formula is C56H51F3Ir2O5P4S-2. The Kier molecular flexibility index (Phi) is 35.2. The Morgan fingerprint density at radius 1 is 0.366 bits per heavy atom. The van der Waals surface area contributed by atoms with Crippen molar-refractivity contribution in [2.45, 2.75) is 5.51 Å². The van der Waals surface area contributed by atoms with E-state index >= 15 is 0 Å². The molecule has 0 unspecified atom stereocenters. The Hall–Kier alpha value is -4.30. The largest absolute Gasteiger partial charge is 0.358 e. The molecule has 0 aliphatic carbocycles. The van der Waals surface area contributed by atoms with Crippen LogP contribution in [0.2, 0.25) is 0 Å². The van der Waals surface area contributed by atoms with Crippen LogP contribution in [0.15, 0.2) is 256 Å². The summed E-state index contributed by atoms with van der Waals surface area (Å²) in [6, 6.07) is 88.3. The number of hydrogen-bond donors (Lipinski definition) is 0. The quantitative estimate of drug-likeness (QED) is 0.0304. The molecule has 0 amide bonds. The molecule has 2 radical (unpaired) electrons. The van der Waals surface area contributed by atoms with E-state index in [1.807, 2.05) is 0 Å². The second kappa shape index (κ2) is 37.4. The zero-order chi connectivity index (χ0) is 49.6. The van der Waals surface area contributed by atoms with Crippen LogP contribution in [0.5, 0.6) is 0 Å². The van der Waals surface area contributed by atoms with Gasteiger partial charge in [0.05, 0.1) is 0 Å². The summed E-state index contributed by atoms with van der Waals surface area (Å²) < 4.78 is 73.9. The van der Waals surface area contributed by atoms with E-state index in [-0.39, 0.29) is 47.6 Å². The number of hydrogen-bond acceptors (Lipinski definition) is 3. The monoisotopic (exact) mass is 1400 g/mol. The van der Waals surface area contributed by atoms with Gasteiger partial charge in [0.25, 0.3) is 0 Å². The first-order chi connectivity index (χ1) is 33.1. The fourth-order valence-electron chi connectivity index (χ4n) is 6.40. The zero-order valence-corrected chi connectivity index (χ0v) is 47.6. The predicted octanol–water partition coefficient (Wildman–Crippen LogP) is 11.6. The van der Waals surface area contributed by atoms with Crippen LogP contribution in [0.3, 0.4) is 0 Å². The van der Waals surface area contributed by atoms with Gasteiger partial charge in [-0.05, 0) is 74.1 Å². The van der Waals surface area contributed by atoms with Crippen molar-refractivity contribution in [3.05, 3.63) is 277 Å². The van der Waals surface area contributed by atoms with Crippen molar-refractivity contribution >= 4 is 84.2 Å². The maximum atomic E-state index is 10.7. The minimum atomic E-state index is -6.09. The first kappa shape index (κ1) is 66.7. The zero-order valence-electron chi connectivity index (χ0n) is 38.5. The maximum Gasteiger partial charge on any atom is 0.00405 e. The Labute approximate surface area is 450 Å². The van der Waals surface area contributed by atoms with E-state index < -0.39 is 47.3 Å². The Bertz CT molecular complexity index is 2230. The second-order valence-electron chi connectivity index (χ2n) is 13.6. The van der Waals surface area contributed by atoms with E-state index in [0.717, 1.165) is 0 Å². The fraction of sp³-hybridized carbons (Fsp3) is 0.0536. The molecule has 0 saturated carbocycles. The van der Waals surface area contributed by atoms with Crippen LogP contribution in [0.1, 0.15) is 0 Å². The molecule has 0 aromatic heterocycles. The smallest absolute Gasteiger partial charge is 0.00405 e. The SMILES string of the molecule is C=C.O=S(=O)([O-])C(F)(F)F.[C-]#[O+].[C-]#[O+].[CH3-].[Ir].[Ir].c1ccc(P(CP(c2ccccc2)c2ccccc2)c2ccccc2)cc1.c1ccc(P(CP(c2ccccc2)c2ccccc2)c2ccccc2)cc1. The number of alkyl halides is 3. The summed E-state index contributed by atoms with van der Waals surface area (Å²) in [7, 11) is -7.72. The molecule has 5 nitrogen and oxygen atoms in total. The molecule has 0 N–H and O–H groups in total. The van der Waals surface area contributed by atoms with Gasteiger partial charge in [-0.3, -0.25) is 0 Å². The number of benzene rings is 8. The molecule has 372 valence electrons. The Morgan fingerprint density at radius 3 is 0.549 bits per heavy atom. The molecule has 0 spiro atoms. The van der Waals surface area contributed by atoms with Gasteiger partial charge in [-0.15, -0.1) is 13.2 Å². The Balaban J connectivity index is 0.00000106. The first-order valence-electron chi connectivity index (χ1n) is 20.5. The molecular weight excluding hydrogens is 1350 g/mol. The molecule has 0 heterocycles. The van der Waals surface area contributed by atoms with Gasteiger partial charge >= 0.3 is 28.1 Å². The van der Waals surface area contributed by atoms with Crippen molar-refractivity contribution in [3.8, 4) is 0 Å². The fourth-order valence-corrected chi connectivity index (χ4v) is 19.3. The van der Waals surface area contributed by atoms with Gasteiger partial charge in [-0.25, -0.2) is 8.42 Å². The van der Waals surface area contributed by atoms with Crippen molar-refractivity contribution in [1.29, 1.82) is 0 Å². The summed E-state index contributed by atoms with van der Waals surface area (Å²) in [4.78, 5) is 0. The van der Waals surface area contributed by atoms with Crippen LogP contribution in [0.4, 0.5) is 13.2 Å². The van der Waals surface area contributed by atoms with Crippen LogP contribution in [0, 0.1) is 20.7 Å². The molecule has 15 heteroatoms. The molecule has 0 aliphatic heterocycles. The van der Waals surface area contributed by atoms with Gasteiger partial charge in [0.15, 0.2) is 10.1 Å². The first-order valence-corrected chi connectivity index (χ1v) is 28.0. The summed E-state index contributed by atoms with van der Waals surface area (Å²) in [5, 5.41) is 11.7. The minimum absolute atomic E-state index is 0. The average molecular weight is 1400 g/mol. The summed E-state index contributed by atoms with van der Waals surface area (Å²) >= 11 is 0. The van der Waals surface area contributed by atoms with E-state index in [2.05, 4.69) is 269 Å². The number of halogens is 3. The molecule has 0 saturated heterocycles. The van der Waals surface area contributed by atoms with Crippen LogP contribution in [0.25, 0.3) is 0 Å². The molecule has 8 aromatic rings. The van der Waals surface area contributed by atoms with Crippen LogP contribution < -0.4 is 42.4 Å². The van der Waals surface area contributed by atoms with E-state index in [4.69, 9.17) is 22.3 Å². The van der Waals surface area contributed by atoms with Crippen LogP contribution in [-0.2, 0) is 59.6 Å². The van der Waals surface area contributed by atoms with Gasteiger partial charge in [-0.2, -0.15) is 13.2 Å². The van der Waals surface area contributed by atoms with Crippen molar-refractivity contribution in [3.63, 3.8) is 0 Å². The van der Waals surface area contributed by atoms with Crippen molar-refractivity contribution in [1.82, 2.24) is 0 Å². The Morgan fingerprint density at radius 2 is 0.465 bits per heavy atom. The van der Waals surface area contributed by atoms with Gasteiger partial charge in [0.1, 0.15) is 0 Å². The van der Waals surface area contributed by atoms with Gasteiger partial charge in [-0.1, -0.05) is 243 Å². The van der Waals surface area contributed by atoms with E-state index in [1.165, 1.54) is 54.2 Å². The van der Waals surface area contributed by atoms with Crippen molar-refractivity contribution in [2.24, 2.45) is 0 Å². The molecule has 0 atom stereocenters. The van der Waals surface area contributed by atoms with E-state index in [1.54, 1.807) is 0 Å². The third-order valence-corrected chi connectivity index (χ3v) is 21.9. The third-order valence-electron chi connectivity index (χ3n) is 9.39. The molecule has 8 rings (SSSR count). The molecule has 0 fully saturated rings. The summed E-state index contributed by atoms with van der Waals surface area (Å²) in [6.45, 7) is 15.0. The molecule has 0 bridgehead atoms. The van der Waals surface area contributed by atoms with Crippen LogP contribution >= 0.6 is 31.7 Å². The molecule has 71 heavy (non-hydrogen) atoms. The normalized spacial score (nSPS) is 10.1. The summed E-state index contributed by atoms with van der Waals surface area (Å²) in [6.07, 6.45) is 0. The number of rotatable bonds is 12. The van der Waals surface area contributed by atoms with Gasteiger partial charge in [0, 0.05) is 52.0 Å². The topological polar surface area (TPSA) is 97.0 Å². The second-order valence-corrected chi connectivity index (χ2v) is 24.8. The molecule has 8 aromatic carbocycles. The van der Waals surface area contributed by atoms with E-state index in [9.17, 15) is 13.2 Å². The van der Waals surface area contributed by atoms with Crippen molar-refractivity contribution < 1.29 is 75.7 Å². The molecule has 0 aliphatic rings. The van der Waals surface area contributed by atoms with E-state index in [0.29, 0.717) is 0 Å². The average Bonchev–Trinajstić information content (AvgIpc) is 3.40. The van der Waals surface area contributed by atoms with Crippen molar-refractivity contribution in [2.75, 3.05) is 11.8 Å².